The number of rotatable bonds is 8. The molecule has 1 aliphatic heterocycles. The summed E-state index contributed by atoms with van der Waals surface area (Å²) in [5.74, 6) is -0.890. The van der Waals surface area contributed by atoms with Gasteiger partial charge in [-0.05, 0) is 66.2 Å². The highest BCUT2D eigenvalue weighted by molar-refractivity contribution is 9.10. The number of esters is 1. The second-order valence-corrected chi connectivity index (χ2v) is 9.90. The van der Waals surface area contributed by atoms with Crippen LogP contribution in [0.4, 0.5) is 0 Å². The summed E-state index contributed by atoms with van der Waals surface area (Å²) in [5, 5.41) is 13.7. The molecule has 1 aliphatic carbocycles. The number of ether oxygens (including phenoxy) is 3. The van der Waals surface area contributed by atoms with Gasteiger partial charge < -0.3 is 24.6 Å². The first-order valence-corrected chi connectivity index (χ1v) is 12.0. The van der Waals surface area contributed by atoms with Crippen LogP contribution in [-0.2, 0) is 19.1 Å². The third-order valence-corrected chi connectivity index (χ3v) is 6.41. The quantitative estimate of drug-likeness (QED) is 0.376. The van der Waals surface area contributed by atoms with Crippen molar-refractivity contribution in [3.05, 3.63) is 44.7 Å². The fourth-order valence-electron chi connectivity index (χ4n) is 4.48. The number of dihydropyridines is 1. The van der Waals surface area contributed by atoms with Crippen molar-refractivity contribution in [2.45, 2.75) is 53.4 Å². The van der Waals surface area contributed by atoms with Gasteiger partial charge >= 0.3 is 5.97 Å². The lowest BCUT2D eigenvalue weighted by Crippen LogP contribution is -2.38. The van der Waals surface area contributed by atoms with Crippen molar-refractivity contribution in [3.63, 3.8) is 0 Å². The fraction of sp³-hybridized carbons (Fsp3) is 0.520. The molecule has 0 fully saturated rings. The van der Waals surface area contributed by atoms with Gasteiger partial charge in [-0.1, -0.05) is 13.8 Å². The molecule has 3 rings (SSSR count). The second kappa shape index (κ2) is 10.3. The molecule has 180 valence electrons. The van der Waals surface area contributed by atoms with E-state index in [0.717, 1.165) is 5.70 Å². The summed E-state index contributed by atoms with van der Waals surface area (Å²) in [5.41, 5.74) is 2.89. The van der Waals surface area contributed by atoms with Crippen LogP contribution in [0.15, 0.2) is 39.1 Å². The molecule has 0 amide bonds. The molecule has 0 bridgehead atoms. The Morgan fingerprint density at radius 1 is 1.21 bits per heavy atom. The third-order valence-electron chi connectivity index (χ3n) is 5.81. The first kappa shape index (κ1) is 25.3. The van der Waals surface area contributed by atoms with E-state index in [4.69, 9.17) is 14.2 Å². The Hall–Kier alpha value is -2.32. The van der Waals surface area contributed by atoms with E-state index in [1.807, 2.05) is 20.8 Å². The van der Waals surface area contributed by atoms with Crippen molar-refractivity contribution in [2.75, 3.05) is 26.4 Å². The molecular formula is C25H32BrNO6. The predicted molar refractivity (Wildman–Crippen MR) is 128 cm³/mol. The number of aromatic hydroxyl groups is 1. The Morgan fingerprint density at radius 2 is 1.94 bits per heavy atom. The lowest BCUT2D eigenvalue weighted by atomic mass is 9.68. The van der Waals surface area contributed by atoms with Crippen LogP contribution in [-0.4, -0.2) is 43.3 Å². The van der Waals surface area contributed by atoms with Gasteiger partial charge in [0.05, 0.1) is 23.3 Å². The van der Waals surface area contributed by atoms with Crippen LogP contribution in [0.2, 0.25) is 0 Å². The molecule has 2 aliphatic rings. The number of hydrogen-bond donors (Lipinski definition) is 2. The summed E-state index contributed by atoms with van der Waals surface area (Å²) in [6.45, 7) is 10.9. The molecule has 0 saturated carbocycles. The number of halogens is 1. The zero-order valence-electron chi connectivity index (χ0n) is 19.8. The number of allylic oxidation sites excluding steroid dienone is 3. The molecule has 0 saturated heterocycles. The molecule has 1 atom stereocenters. The molecule has 1 aromatic rings. The zero-order chi connectivity index (χ0) is 24.3. The van der Waals surface area contributed by atoms with Crippen molar-refractivity contribution in [1.29, 1.82) is 0 Å². The second-order valence-electron chi connectivity index (χ2n) is 9.05. The average molecular weight is 522 g/mol. The predicted octanol–water partition coefficient (Wildman–Crippen LogP) is 4.74. The molecule has 0 unspecified atom stereocenters. The number of carbonyl (C=O) groups excluding carboxylic acids is 2. The Balaban J connectivity index is 2.12. The van der Waals surface area contributed by atoms with Crippen molar-refractivity contribution in [3.8, 4) is 11.5 Å². The van der Waals surface area contributed by atoms with Crippen LogP contribution in [0.3, 0.4) is 0 Å². The highest BCUT2D eigenvalue weighted by Crippen LogP contribution is 2.49. The zero-order valence-corrected chi connectivity index (χ0v) is 21.4. The van der Waals surface area contributed by atoms with Crippen LogP contribution in [0.1, 0.15) is 58.9 Å². The highest BCUT2D eigenvalue weighted by atomic mass is 79.9. The molecule has 7 nitrogen and oxygen atoms in total. The van der Waals surface area contributed by atoms with Crippen molar-refractivity contribution in [2.24, 2.45) is 5.41 Å². The van der Waals surface area contributed by atoms with Crippen molar-refractivity contribution >= 4 is 27.7 Å². The maximum absolute atomic E-state index is 13.4. The minimum Gasteiger partial charge on any atom is -0.503 e. The van der Waals surface area contributed by atoms with Crippen LogP contribution >= 0.6 is 15.9 Å². The largest absolute Gasteiger partial charge is 0.503 e. The summed E-state index contributed by atoms with van der Waals surface area (Å²) in [4.78, 5) is 26.6. The topological polar surface area (TPSA) is 94.1 Å². The minimum atomic E-state index is -0.638. The minimum absolute atomic E-state index is 0.00646. The van der Waals surface area contributed by atoms with Gasteiger partial charge in [0.2, 0.25) is 0 Å². The van der Waals surface area contributed by atoms with E-state index < -0.39 is 11.9 Å². The van der Waals surface area contributed by atoms with Crippen LogP contribution in [0, 0.1) is 5.41 Å². The van der Waals surface area contributed by atoms with Gasteiger partial charge in [-0.15, -0.1) is 0 Å². The number of Topliss-reactive ketones (excluding diaryl/α,β-unsaturated/α-hetero) is 1. The van der Waals surface area contributed by atoms with Crippen LogP contribution in [0.5, 0.6) is 11.5 Å². The fourth-order valence-corrected chi connectivity index (χ4v) is 4.94. The Kier molecular flexibility index (Phi) is 7.90. The van der Waals surface area contributed by atoms with E-state index in [2.05, 4.69) is 35.1 Å². The average Bonchev–Trinajstić information content (AvgIpc) is 2.72. The van der Waals surface area contributed by atoms with Crippen LogP contribution < -0.4 is 10.1 Å². The maximum Gasteiger partial charge on any atom is 0.336 e. The Labute approximate surface area is 203 Å². The number of carbonyl (C=O) groups is 2. The molecule has 0 aromatic heterocycles. The van der Waals surface area contributed by atoms with E-state index in [1.54, 1.807) is 12.1 Å². The summed E-state index contributed by atoms with van der Waals surface area (Å²) < 4.78 is 16.8. The molecule has 0 radical (unpaired) electrons. The normalized spacial score (nSPS) is 19.8. The molecule has 8 heteroatoms. The first-order chi connectivity index (χ1) is 15.6. The van der Waals surface area contributed by atoms with E-state index in [1.165, 1.54) is 0 Å². The monoisotopic (exact) mass is 521 g/mol. The number of phenolic OH excluding ortho intramolecular Hbond substituents is 1. The molecule has 1 heterocycles. The van der Waals surface area contributed by atoms with Gasteiger partial charge in [0.25, 0.3) is 0 Å². The maximum atomic E-state index is 13.4. The third kappa shape index (κ3) is 5.44. The Bertz CT molecular complexity index is 1010. The van der Waals surface area contributed by atoms with E-state index >= 15 is 0 Å². The summed E-state index contributed by atoms with van der Waals surface area (Å²) in [6.07, 6.45) is 1.07. The number of ketones is 1. The lowest BCUT2D eigenvalue weighted by Gasteiger charge is -2.39. The summed E-state index contributed by atoms with van der Waals surface area (Å²) in [7, 11) is 0. The van der Waals surface area contributed by atoms with Gasteiger partial charge in [-0.25, -0.2) is 4.79 Å². The lowest BCUT2D eigenvalue weighted by molar-refractivity contribution is -0.140. The van der Waals surface area contributed by atoms with Crippen LogP contribution in [0.25, 0.3) is 0 Å². The van der Waals surface area contributed by atoms with Gasteiger partial charge in [0, 0.05) is 35.9 Å². The Morgan fingerprint density at radius 3 is 2.61 bits per heavy atom. The SMILES string of the molecule is CCOCCOC(=O)C1=C(C)NC2=C(C(=O)CC(C)(C)C2)[C@@H]1c1cc(Br)c(O)c(OCC)c1. The van der Waals surface area contributed by atoms with Crippen molar-refractivity contribution in [1.82, 2.24) is 5.32 Å². The smallest absolute Gasteiger partial charge is 0.336 e. The number of hydrogen-bond acceptors (Lipinski definition) is 7. The molecule has 33 heavy (non-hydrogen) atoms. The number of nitrogens with one attached hydrogen (secondary N) is 1. The van der Waals surface area contributed by atoms with Gasteiger partial charge in [-0.2, -0.15) is 0 Å². The first-order valence-electron chi connectivity index (χ1n) is 11.2. The standard InChI is InChI=1S/C25H32BrNO6/c1-6-31-8-9-33-24(30)20-14(3)27-17-12-25(4,5)13-18(28)22(17)21(20)15-10-16(26)23(29)19(11-15)32-7-2/h10-11,21,27,29H,6-9,12-13H2,1-5H3/t21-/m1/s1. The summed E-state index contributed by atoms with van der Waals surface area (Å²) in [6, 6.07) is 3.42. The molecule has 1 aromatic carbocycles. The van der Waals surface area contributed by atoms with Gasteiger partial charge in [-0.3, -0.25) is 4.79 Å². The molecule has 0 spiro atoms. The summed E-state index contributed by atoms with van der Waals surface area (Å²) >= 11 is 3.39. The number of phenols is 1. The van der Waals surface area contributed by atoms with E-state index in [0.29, 0.717) is 59.5 Å². The van der Waals surface area contributed by atoms with Gasteiger partial charge in [0.15, 0.2) is 17.3 Å². The van der Waals surface area contributed by atoms with Crippen molar-refractivity contribution < 1.29 is 28.9 Å². The van der Waals surface area contributed by atoms with E-state index in [9.17, 15) is 14.7 Å². The molecule has 2 N–H and O–H groups in total. The van der Waals surface area contributed by atoms with Gasteiger partial charge in [0.1, 0.15) is 6.61 Å². The highest BCUT2D eigenvalue weighted by Gasteiger charge is 2.43. The molecular weight excluding hydrogens is 490 g/mol. The number of benzene rings is 1. The van der Waals surface area contributed by atoms with E-state index in [-0.39, 0.29) is 29.3 Å².